The second-order valence-electron chi connectivity index (χ2n) is 13.3. The smallest absolute Gasteiger partial charge is 0.200 e. The lowest BCUT2D eigenvalue weighted by Crippen LogP contribution is -2.60. The highest BCUT2D eigenvalue weighted by Crippen LogP contribution is 2.58. The van der Waals surface area contributed by atoms with E-state index in [1.165, 1.54) is 6.07 Å². The standard InChI is InChI=1S/C36H36O18/c37-10-24-29(47)31(49)32(50)36(53-24)52-23-8-14-16(40)9-19(43)26(35(14)54-33(23)12-4-20(44)28(46)21(45)5-12)27-25-18(42)6-13(38)7-22(25)51-34(30(27)48)11-1-2-15(39)17(41)3-11/h1-7,9,23-24,27,29-34,36-50H,8,10H2/t23-,24-,27+,29-,30+,31+,32-,33-,34-,36-/m1/s1. The molecule has 18 nitrogen and oxygen atoms in total. The van der Waals surface area contributed by atoms with Gasteiger partial charge in [0.15, 0.2) is 47.2 Å². The van der Waals surface area contributed by atoms with Crippen LogP contribution in [0.15, 0.2) is 48.5 Å². The minimum Gasteiger partial charge on any atom is -0.508 e. The minimum atomic E-state index is -1.89. The molecule has 0 saturated carbocycles. The van der Waals surface area contributed by atoms with Crippen molar-refractivity contribution in [2.45, 2.75) is 67.5 Å². The van der Waals surface area contributed by atoms with E-state index in [2.05, 4.69) is 0 Å². The average molecular weight is 757 g/mol. The molecular formula is C36H36O18. The lowest BCUT2D eigenvalue weighted by atomic mass is 9.77. The summed E-state index contributed by atoms with van der Waals surface area (Å²) in [6, 6.07) is 8.57. The van der Waals surface area contributed by atoms with Gasteiger partial charge < -0.3 is 90.4 Å². The van der Waals surface area contributed by atoms with E-state index in [1.54, 1.807) is 0 Å². The highest BCUT2D eigenvalue weighted by Gasteiger charge is 2.49. The Morgan fingerprint density at radius 1 is 0.593 bits per heavy atom. The lowest BCUT2D eigenvalue weighted by Gasteiger charge is -2.44. The molecule has 0 bridgehead atoms. The minimum absolute atomic E-state index is 0.0850. The molecule has 0 radical (unpaired) electrons. The summed E-state index contributed by atoms with van der Waals surface area (Å²) in [5.41, 5.74) is -0.460. The Hall–Kier alpha value is -5.60. The van der Waals surface area contributed by atoms with Gasteiger partial charge in [0, 0.05) is 46.9 Å². The molecule has 0 unspecified atom stereocenters. The Kier molecular flexibility index (Phi) is 9.30. The predicted molar refractivity (Wildman–Crippen MR) is 178 cm³/mol. The summed E-state index contributed by atoms with van der Waals surface area (Å²) in [4.78, 5) is 0. The quantitative estimate of drug-likeness (QED) is 0.119. The number of hydrogen-bond donors (Lipinski definition) is 14. The molecule has 18 heteroatoms. The van der Waals surface area contributed by atoms with Crippen LogP contribution in [0.4, 0.5) is 0 Å². The summed E-state index contributed by atoms with van der Waals surface area (Å²) in [6.07, 6.45) is -15.0. The van der Waals surface area contributed by atoms with Crippen LogP contribution in [-0.2, 0) is 15.9 Å². The second-order valence-corrected chi connectivity index (χ2v) is 13.3. The fraction of sp³-hybridized carbons (Fsp3) is 0.333. The Morgan fingerprint density at radius 2 is 1.26 bits per heavy atom. The maximum absolute atomic E-state index is 12.0. The van der Waals surface area contributed by atoms with Crippen molar-refractivity contribution in [3.63, 3.8) is 0 Å². The molecule has 7 rings (SSSR count). The average Bonchev–Trinajstić information content (AvgIpc) is 3.12. The van der Waals surface area contributed by atoms with E-state index < -0.39 is 119 Å². The molecule has 4 aromatic carbocycles. The fourth-order valence-electron chi connectivity index (χ4n) is 7.23. The van der Waals surface area contributed by atoms with E-state index >= 15 is 0 Å². The molecular weight excluding hydrogens is 720 g/mol. The number of rotatable bonds is 6. The molecule has 3 heterocycles. The highest BCUT2D eigenvalue weighted by atomic mass is 16.7. The third-order valence-electron chi connectivity index (χ3n) is 9.90. The van der Waals surface area contributed by atoms with Crippen LogP contribution >= 0.6 is 0 Å². The van der Waals surface area contributed by atoms with E-state index in [9.17, 15) is 71.5 Å². The number of phenols is 9. The molecule has 3 aliphatic rings. The molecule has 3 aliphatic heterocycles. The van der Waals surface area contributed by atoms with Crippen LogP contribution in [-0.4, -0.2) is 121 Å². The summed E-state index contributed by atoms with van der Waals surface area (Å²) >= 11 is 0. The first-order chi connectivity index (χ1) is 25.6. The predicted octanol–water partition coefficient (Wildman–Crippen LogP) is 0.525. The van der Waals surface area contributed by atoms with Crippen molar-refractivity contribution in [1.82, 2.24) is 0 Å². The second kappa shape index (κ2) is 13.7. The summed E-state index contributed by atoms with van der Waals surface area (Å²) in [5.74, 6) is -7.80. The van der Waals surface area contributed by atoms with Gasteiger partial charge in [0.1, 0.15) is 71.1 Å². The third-order valence-corrected chi connectivity index (χ3v) is 9.90. The van der Waals surface area contributed by atoms with Gasteiger partial charge in [-0.1, -0.05) is 6.07 Å². The molecule has 1 fully saturated rings. The Labute approximate surface area is 304 Å². The van der Waals surface area contributed by atoms with Gasteiger partial charge in [-0.25, -0.2) is 0 Å². The summed E-state index contributed by atoms with van der Waals surface area (Å²) < 4.78 is 24.0. The maximum Gasteiger partial charge on any atom is 0.200 e. The van der Waals surface area contributed by atoms with E-state index in [0.29, 0.717) is 0 Å². The topological polar surface area (TPSA) is 320 Å². The van der Waals surface area contributed by atoms with Gasteiger partial charge in [0.2, 0.25) is 0 Å². The number of aliphatic hydroxyl groups is 5. The van der Waals surface area contributed by atoms with Gasteiger partial charge in [0.05, 0.1) is 12.5 Å². The van der Waals surface area contributed by atoms with Crippen molar-refractivity contribution < 1.29 is 90.4 Å². The molecule has 1 saturated heterocycles. The van der Waals surface area contributed by atoms with Gasteiger partial charge >= 0.3 is 0 Å². The van der Waals surface area contributed by atoms with Gasteiger partial charge in [-0.15, -0.1) is 0 Å². The van der Waals surface area contributed by atoms with Gasteiger partial charge in [-0.05, 0) is 29.8 Å². The number of fused-ring (bicyclic) bond motifs is 2. The molecule has 10 atom stereocenters. The number of aliphatic hydroxyl groups excluding tert-OH is 5. The van der Waals surface area contributed by atoms with Crippen molar-refractivity contribution in [3.8, 4) is 63.2 Å². The van der Waals surface area contributed by atoms with Crippen molar-refractivity contribution in [1.29, 1.82) is 0 Å². The van der Waals surface area contributed by atoms with Crippen molar-refractivity contribution >= 4 is 0 Å². The summed E-state index contributed by atoms with van der Waals surface area (Å²) in [7, 11) is 0. The first kappa shape index (κ1) is 36.7. The van der Waals surface area contributed by atoms with E-state index in [0.717, 1.165) is 42.5 Å². The molecule has 0 aliphatic carbocycles. The van der Waals surface area contributed by atoms with Crippen molar-refractivity contribution in [2.24, 2.45) is 0 Å². The van der Waals surface area contributed by atoms with Gasteiger partial charge in [-0.3, -0.25) is 0 Å². The molecule has 0 amide bonds. The molecule has 14 N–H and O–H groups in total. The van der Waals surface area contributed by atoms with Crippen LogP contribution in [0.3, 0.4) is 0 Å². The molecule has 0 spiro atoms. The first-order valence-corrected chi connectivity index (χ1v) is 16.5. The maximum atomic E-state index is 12.0. The number of benzene rings is 4. The van der Waals surface area contributed by atoms with Gasteiger partial charge in [-0.2, -0.15) is 0 Å². The zero-order valence-electron chi connectivity index (χ0n) is 27.7. The van der Waals surface area contributed by atoms with Crippen molar-refractivity contribution in [2.75, 3.05) is 6.61 Å². The lowest BCUT2D eigenvalue weighted by molar-refractivity contribution is -0.317. The Morgan fingerprint density at radius 3 is 1.93 bits per heavy atom. The largest absolute Gasteiger partial charge is 0.508 e. The van der Waals surface area contributed by atoms with Crippen LogP contribution in [0.5, 0.6) is 63.2 Å². The SMILES string of the molecule is OC[C@H]1O[C@@H](O[C@@H]2Cc3c(O)cc(O)c([C@@H]4c5c(O)cc(O)cc5O[C@H](c5ccc(O)c(O)c5)[C@H]4O)c3O[C@@H]2c2cc(O)c(O)c(O)c2)[C@H](O)[C@@H](O)[C@@H]1O. The van der Waals surface area contributed by atoms with Crippen LogP contribution in [0.2, 0.25) is 0 Å². The summed E-state index contributed by atoms with van der Waals surface area (Å²) in [6.45, 7) is -0.786. The van der Waals surface area contributed by atoms with Gasteiger partial charge in [0.25, 0.3) is 0 Å². The van der Waals surface area contributed by atoms with E-state index in [1.807, 2.05) is 0 Å². The molecule has 288 valence electrons. The first-order valence-electron chi connectivity index (χ1n) is 16.5. The molecule has 0 aromatic heterocycles. The third kappa shape index (κ3) is 6.08. The normalized spacial score (nSPS) is 29.1. The van der Waals surface area contributed by atoms with Crippen LogP contribution in [0, 0.1) is 0 Å². The number of hydrogen-bond acceptors (Lipinski definition) is 18. The number of phenolic OH excluding ortho intramolecular Hbond substituents is 9. The van der Waals surface area contributed by atoms with E-state index in [4.69, 9.17) is 18.9 Å². The van der Waals surface area contributed by atoms with Crippen LogP contribution < -0.4 is 9.47 Å². The monoisotopic (exact) mass is 756 g/mol. The van der Waals surface area contributed by atoms with Crippen LogP contribution in [0.25, 0.3) is 0 Å². The number of aromatic hydroxyl groups is 9. The summed E-state index contributed by atoms with van der Waals surface area (Å²) in [5, 5.41) is 149. The number of ether oxygens (including phenoxy) is 4. The fourth-order valence-corrected chi connectivity index (χ4v) is 7.23. The van der Waals surface area contributed by atoms with Crippen LogP contribution in [0.1, 0.15) is 45.9 Å². The zero-order valence-corrected chi connectivity index (χ0v) is 27.7. The van der Waals surface area contributed by atoms with E-state index in [-0.39, 0.29) is 45.7 Å². The van der Waals surface area contributed by atoms with Crippen molar-refractivity contribution in [3.05, 3.63) is 76.3 Å². The molecule has 4 aromatic rings. The zero-order chi connectivity index (χ0) is 38.9. The molecule has 54 heavy (non-hydrogen) atoms. The Balaban J connectivity index is 1.39. The Bertz CT molecular complexity index is 2060. The highest BCUT2D eigenvalue weighted by molar-refractivity contribution is 5.66.